The van der Waals surface area contributed by atoms with Crippen molar-refractivity contribution in [1.29, 1.82) is 0 Å². The molecule has 0 radical (unpaired) electrons. The van der Waals surface area contributed by atoms with Crippen LogP contribution in [0.1, 0.15) is 26.2 Å². The first-order valence-electron chi connectivity index (χ1n) is 5.81. The van der Waals surface area contributed by atoms with Gasteiger partial charge < -0.3 is 20.3 Å². The van der Waals surface area contributed by atoms with Crippen molar-refractivity contribution in [2.45, 2.75) is 38.3 Å². The molecule has 3 N–H and O–H groups in total. The Hall–Kier alpha value is -1.14. The highest BCUT2D eigenvalue weighted by atomic mass is 16.5. The molecule has 98 valence electrons. The van der Waals surface area contributed by atoms with E-state index in [4.69, 9.17) is 14.9 Å². The summed E-state index contributed by atoms with van der Waals surface area (Å²) in [4.78, 5) is 22.0. The molecule has 0 aromatic carbocycles. The SMILES string of the molecule is CCOC1CC(CC(=O)N[C@@H](CO)C(=O)O)C1. The molecule has 1 saturated carbocycles. The minimum Gasteiger partial charge on any atom is -0.480 e. The molecule has 0 aromatic rings. The van der Waals surface area contributed by atoms with Crippen LogP contribution in [0.25, 0.3) is 0 Å². The number of carbonyl (C=O) groups is 2. The molecular weight excluding hydrogens is 226 g/mol. The Bertz CT molecular complexity index is 275. The van der Waals surface area contributed by atoms with Crippen LogP contribution < -0.4 is 5.32 Å². The molecule has 0 aromatic heterocycles. The molecule has 0 spiro atoms. The topological polar surface area (TPSA) is 95.9 Å². The van der Waals surface area contributed by atoms with Crippen molar-refractivity contribution in [3.63, 3.8) is 0 Å². The van der Waals surface area contributed by atoms with Gasteiger partial charge in [-0.05, 0) is 25.7 Å². The Labute approximate surface area is 100.0 Å². The first-order valence-corrected chi connectivity index (χ1v) is 5.81. The van der Waals surface area contributed by atoms with E-state index in [1.807, 2.05) is 6.92 Å². The Morgan fingerprint density at radius 2 is 2.12 bits per heavy atom. The fourth-order valence-corrected chi connectivity index (χ4v) is 1.91. The van der Waals surface area contributed by atoms with Crippen LogP contribution in [0.2, 0.25) is 0 Å². The van der Waals surface area contributed by atoms with Crippen LogP contribution in [0.15, 0.2) is 0 Å². The minimum atomic E-state index is -1.22. The van der Waals surface area contributed by atoms with Gasteiger partial charge in [-0.25, -0.2) is 4.79 Å². The summed E-state index contributed by atoms with van der Waals surface area (Å²) in [6.45, 7) is 2.02. The van der Waals surface area contributed by atoms with Crippen molar-refractivity contribution < 1.29 is 24.5 Å². The molecule has 0 heterocycles. The summed E-state index contributed by atoms with van der Waals surface area (Å²) in [6, 6.07) is -1.20. The number of aliphatic carboxylic acids is 1. The molecular formula is C11H19NO5. The van der Waals surface area contributed by atoms with Crippen LogP contribution in [-0.2, 0) is 14.3 Å². The van der Waals surface area contributed by atoms with Crippen LogP contribution >= 0.6 is 0 Å². The standard InChI is InChI=1S/C11H19NO5/c1-2-17-8-3-7(4-8)5-10(14)12-9(6-13)11(15)16/h7-9,13H,2-6H2,1H3,(H,12,14)(H,15,16)/t7?,8?,9-/m0/s1. The van der Waals surface area contributed by atoms with Crippen LogP contribution in [0, 0.1) is 5.92 Å². The fraction of sp³-hybridized carbons (Fsp3) is 0.818. The predicted molar refractivity (Wildman–Crippen MR) is 59.4 cm³/mol. The summed E-state index contributed by atoms with van der Waals surface area (Å²) in [6.07, 6.45) is 2.23. The third-order valence-electron chi connectivity index (χ3n) is 2.88. The molecule has 17 heavy (non-hydrogen) atoms. The van der Waals surface area contributed by atoms with Crippen molar-refractivity contribution in [1.82, 2.24) is 5.32 Å². The number of nitrogens with one attached hydrogen (secondary N) is 1. The van der Waals surface area contributed by atoms with Crippen molar-refractivity contribution in [3.05, 3.63) is 0 Å². The highest BCUT2D eigenvalue weighted by molar-refractivity contribution is 5.83. The van der Waals surface area contributed by atoms with Crippen LogP contribution in [0.3, 0.4) is 0 Å². The first-order chi connectivity index (χ1) is 8.06. The zero-order chi connectivity index (χ0) is 12.8. The first kappa shape index (κ1) is 13.9. The number of rotatable bonds is 7. The number of carbonyl (C=O) groups excluding carboxylic acids is 1. The van der Waals surface area contributed by atoms with Gasteiger partial charge >= 0.3 is 5.97 Å². The van der Waals surface area contributed by atoms with Gasteiger partial charge in [0.2, 0.25) is 5.91 Å². The van der Waals surface area contributed by atoms with E-state index in [1.54, 1.807) is 0 Å². The van der Waals surface area contributed by atoms with Gasteiger partial charge in [-0.1, -0.05) is 0 Å². The molecule has 1 fully saturated rings. The van der Waals surface area contributed by atoms with Gasteiger partial charge in [0.25, 0.3) is 0 Å². The van der Waals surface area contributed by atoms with E-state index in [-0.39, 0.29) is 17.9 Å². The maximum Gasteiger partial charge on any atom is 0.328 e. The van der Waals surface area contributed by atoms with E-state index in [0.717, 1.165) is 12.8 Å². The van der Waals surface area contributed by atoms with Gasteiger partial charge in [0.15, 0.2) is 0 Å². The largest absolute Gasteiger partial charge is 0.480 e. The summed E-state index contributed by atoms with van der Waals surface area (Å²) < 4.78 is 5.36. The molecule has 1 rings (SSSR count). The van der Waals surface area contributed by atoms with Crippen molar-refractivity contribution >= 4 is 11.9 Å². The Morgan fingerprint density at radius 3 is 2.59 bits per heavy atom. The van der Waals surface area contributed by atoms with Crippen molar-refractivity contribution in [2.75, 3.05) is 13.2 Å². The fourth-order valence-electron chi connectivity index (χ4n) is 1.91. The third-order valence-corrected chi connectivity index (χ3v) is 2.88. The lowest BCUT2D eigenvalue weighted by Crippen LogP contribution is -2.45. The summed E-state index contributed by atoms with van der Waals surface area (Å²) >= 11 is 0. The molecule has 6 heteroatoms. The van der Waals surface area contributed by atoms with Gasteiger partial charge in [0.05, 0.1) is 12.7 Å². The third kappa shape index (κ3) is 4.32. The van der Waals surface area contributed by atoms with E-state index in [2.05, 4.69) is 5.32 Å². The average Bonchev–Trinajstić information content (AvgIpc) is 2.22. The van der Waals surface area contributed by atoms with Gasteiger partial charge in [-0.3, -0.25) is 4.79 Å². The number of hydrogen-bond acceptors (Lipinski definition) is 4. The average molecular weight is 245 g/mol. The van der Waals surface area contributed by atoms with E-state index in [9.17, 15) is 9.59 Å². The number of aliphatic hydroxyl groups is 1. The van der Waals surface area contributed by atoms with E-state index >= 15 is 0 Å². The summed E-state index contributed by atoms with van der Waals surface area (Å²) in [5.41, 5.74) is 0. The quantitative estimate of drug-likeness (QED) is 0.575. The predicted octanol–water partition coefficient (Wildman–Crippen LogP) is -0.247. The molecule has 0 aliphatic heterocycles. The maximum atomic E-state index is 11.5. The summed E-state index contributed by atoms with van der Waals surface area (Å²) in [5.74, 6) is -1.28. The van der Waals surface area contributed by atoms with Gasteiger partial charge in [-0.2, -0.15) is 0 Å². The maximum absolute atomic E-state index is 11.5. The number of carboxylic acid groups (broad SMARTS) is 1. The van der Waals surface area contributed by atoms with Gasteiger partial charge in [-0.15, -0.1) is 0 Å². The monoisotopic (exact) mass is 245 g/mol. The highest BCUT2D eigenvalue weighted by Crippen LogP contribution is 2.32. The summed E-state index contributed by atoms with van der Waals surface area (Å²) in [5, 5.41) is 19.7. The number of aliphatic hydroxyl groups excluding tert-OH is 1. The zero-order valence-electron chi connectivity index (χ0n) is 9.89. The number of amides is 1. The molecule has 1 aliphatic carbocycles. The Morgan fingerprint density at radius 1 is 1.47 bits per heavy atom. The normalized spacial score (nSPS) is 24.8. The molecule has 0 unspecified atom stereocenters. The number of ether oxygens (including phenoxy) is 1. The lowest BCUT2D eigenvalue weighted by atomic mass is 9.80. The molecule has 1 atom stereocenters. The Balaban J connectivity index is 2.20. The smallest absolute Gasteiger partial charge is 0.328 e. The second kappa shape index (κ2) is 6.56. The second-order valence-corrected chi connectivity index (χ2v) is 4.26. The summed E-state index contributed by atoms with van der Waals surface area (Å²) in [7, 11) is 0. The minimum absolute atomic E-state index is 0.242. The zero-order valence-corrected chi connectivity index (χ0v) is 9.89. The highest BCUT2D eigenvalue weighted by Gasteiger charge is 2.31. The lowest BCUT2D eigenvalue weighted by molar-refractivity contribution is -0.143. The number of hydrogen-bond donors (Lipinski definition) is 3. The van der Waals surface area contributed by atoms with Crippen molar-refractivity contribution in [3.8, 4) is 0 Å². The number of carboxylic acids is 1. The van der Waals surface area contributed by atoms with Crippen LogP contribution in [-0.4, -0.2) is 47.4 Å². The second-order valence-electron chi connectivity index (χ2n) is 4.26. The van der Waals surface area contributed by atoms with Crippen LogP contribution in [0.5, 0.6) is 0 Å². The van der Waals surface area contributed by atoms with Crippen LogP contribution in [0.4, 0.5) is 0 Å². The molecule has 1 aliphatic rings. The van der Waals surface area contributed by atoms with Gasteiger partial charge in [0, 0.05) is 13.0 Å². The lowest BCUT2D eigenvalue weighted by Gasteiger charge is -2.34. The van der Waals surface area contributed by atoms with Gasteiger partial charge in [0.1, 0.15) is 6.04 Å². The molecule has 1 amide bonds. The Kier molecular flexibility index (Phi) is 5.37. The molecule has 6 nitrogen and oxygen atoms in total. The van der Waals surface area contributed by atoms with E-state index < -0.39 is 18.6 Å². The van der Waals surface area contributed by atoms with Crippen molar-refractivity contribution in [2.24, 2.45) is 5.92 Å². The molecule has 0 bridgehead atoms. The molecule has 0 saturated heterocycles. The van der Waals surface area contributed by atoms with E-state index in [1.165, 1.54) is 0 Å². The van der Waals surface area contributed by atoms with E-state index in [0.29, 0.717) is 13.0 Å².